The zero-order chi connectivity index (χ0) is 21.1. The zero-order valence-electron chi connectivity index (χ0n) is 16.1. The van der Waals surface area contributed by atoms with E-state index in [4.69, 9.17) is 4.52 Å². The Balaban J connectivity index is 1.52. The largest absolute Gasteiger partial charge is 0.439 e. The lowest BCUT2D eigenvalue weighted by molar-refractivity contribution is 0.102. The summed E-state index contributed by atoms with van der Waals surface area (Å²) in [5, 5.41) is 11.1. The summed E-state index contributed by atoms with van der Waals surface area (Å²) >= 11 is 1.44. The van der Waals surface area contributed by atoms with Crippen LogP contribution in [0.2, 0.25) is 0 Å². The normalized spacial score (nSPS) is 10.9. The van der Waals surface area contributed by atoms with Crippen molar-refractivity contribution in [3.8, 4) is 11.4 Å². The monoisotopic (exact) mass is 423 g/mol. The fourth-order valence-electron chi connectivity index (χ4n) is 2.82. The number of hydrogen-bond acceptors (Lipinski definition) is 8. The van der Waals surface area contributed by atoms with Gasteiger partial charge in [0, 0.05) is 28.8 Å². The Hall–Kier alpha value is -3.66. The van der Waals surface area contributed by atoms with Crippen molar-refractivity contribution < 1.29 is 13.8 Å². The quantitative estimate of drug-likeness (QED) is 0.451. The van der Waals surface area contributed by atoms with Crippen molar-refractivity contribution in [2.75, 3.05) is 5.32 Å². The van der Waals surface area contributed by atoms with Gasteiger partial charge in [-0.25, -0.2) is 9.78 Å². The maximum atomic E-state index is 12.9. The summed E-state index contributed by atoms with van der Waals surface area (Å²) in [5.41, 5.74) is 3.43. The molecule has 0 saturated carbocycles. The van der Waals surface area contributed by atoms with Crippen LogP contribution in [0.4, 0.5) is 5.69 Å². The van der Waals surface area contributed by atoms with Crippen LogP contribution in [0.5, 0.6) is 0 Å². The third kappa shape index (κ3) is 4.18. The van der Waals surface area contributed by atoms with Gasteiger partial charge < -0.3 is 9.84 Å². The Morgan fingerprint density at radius 3 is 2.77 bits per heavy atom. The summed E-state index contributed by atoms with van der Waals surface area (Å²) in [6, 6.07) is 10.4. The first kappa shape index (κ1) is 19.6. The summed E-state index contributed by atoms with van der Waals surface area (Å²) in [4.78, 5) is 30.9. The number of aromatic nitrogens is 4. The molecule has 4 rings (SSSR count). The van der Waals surface area contributed by atoms with Crippen molar-refractivity contribution in [3.05, 3.63) is 75.7 Å². The van der Waals surface area contributed by atoms with Crippen molar-refractivity contribution in [1.82, 2.24) is 20.3 Å². The number of amides is 1. The van der Waals surface area contributed by atoms with E-state index in [1.807, 2.05) is 13.8 Å². The maximum absolute atomic E-state index is 12.9. The minimum Gasteiger partial charge on any atom is -0.361 e. The molecular weight excluding hydrogens is 406 g/mol. The van der Waals surface area contributed by atoms with E-state index in [2.05, 4.69) is 30.1 Å². The van der Waals surface area contributed by atoms with Gasteiger partial charge in [-0.2, -0.15) is 0 Å². The molecule has 3 aromatic heterocycles. The summed E-state index contributed by atoms with van der Waals surface area (Å²) < 4.78 is 9.72. The van der Waals surface area contributed by atoms with E-state index in [1.165, 1.54) is 11.8 Å². The van der Waals surface area contributed by atoms with Crippen LogP contribution in [0, 0.1) is 13.8 Å². The number of pyridine rings is 1. The minimum atomic E-state index is -0.644. The van der Waals surface area contributed by atoms with Gasteiger partial charge in [-0.05, 0) is 38.1 Å². The second-order valence-corrected chi connectivity index (χ2v) is 7.39. The Labute approximate surface area is 174 Å². The number of nitrogens with zero attached hydrogens (tertiary/aromatic N) is 3. The third-order valence-corrected chi connectivity index (χ3v) is 5.42. The van der Waals surface area contributed by atoms with Crippen LogP contribution < -0.4 is 11.1 Å². The highest BCUT2D eigenvalue weighted by Crippen LogP contribution is 2.28. The highest BCUT2D eigenvalue weighted by Gasteiger charge is 2.16. The van der Waals surface area contributed by atoms with E-state index in [-0.39, 0.29) is 11.7 Å². The van der Waals surface area contributed by atoms with Gasteiger partial charge in [0.1, 0.15) is 10.8 Å². The van der Waals surface area contributed by atoms with E-state index in [0.29, 0.717) is 27.6 Å². The number of aromatic amines is 1. The predicted molar refractivity (Wildman–Crippen MR) is 110 cm³/mol. The van der Waals surface area contributed by atoms with Gasteiger partial charge in [-0.1, -0.05) is 22.4 Å². The lowest BCUT2D eigenvalue weighted by Gasteiger charge is -2.10. The first-order valence-electron chi connectivity index (χ1n) is 8.98. The number of rotatable bonds is 6. The highest BCUT2D eigenvalue weighted by atomic mass is 32.2. The zero-order valence-corrected chi connectivity index (χ0v) is 16.9. The number of thioether (sulfide) groups is 1. The first-order chi connectivity index (χ1) is 14.5. The molecule has 2 N–H and O–H groups in total. The summed E-state index contributed by atoms with van der Waals surface area (Å²) in [5.74, 6) is 0.691. The molecule has 10 heteroatoms. The van der Waals surface area contributed by atoms with Gasteiger partial charge in [0.2, 0.25) is 0 Å². The van der Waals surface area contributed by atoms with Crippen molar-refractivity contribution in [1.29, 1.82) is 0 Å². The number of carbonyl (C=O) groups excluding carboxylic acids is 1. The van der Waals surface area contributed by atoms with Crippen molar-refractivity contribution in [2.24, 2.45) is 0 Å². The Kier molecular flexibility index (Phi) is 5.48. The maximum Gasteiger partial charge on any atom is 0.439 e. The summed E-state index contributed by atoms with van der Waals surface area (Å²) in [7, 11) is 0. The van der Waals surface area contributed by atoms with Crippen molar-refractivity contribution >= 4 is 23.4 Å². The predicted octanol–water partition coefficient (Wildman–Crippen LogP) is 3.57. The Morgan fingerprint density at radius 1 is 1.17 bits per heavy atom. The molecule has 152 valence electrons. The molecule has 0 spiro atoms. The van der Waals surface area contributed by atoms with Gasteiger partial charge in [0.15, 0.2) is 5.82 Å². The van der Waals surface area contributed by atoms with E-state index >= 15 is 0 Å². The number of nitrogens with one attached hydrogen (secondary N) is 2. The third-order valence-electron chi connectivity index (χ3n) is 4.38. The number of carbonyl (C=O) groups is 1. The summed E-state index contributed by atoms with van der Waals surface area (Å²) in [6.45, 7) is 3.74. The van der Waals surface area contributed by atoms with Gasteiger partial charge in [-0.3, -0.25) is 14.3 Å². The topological polar surface area (TPSA) is 127 Å². The van der Waals surface area contributed by atoms with Gasteiger partial charge in [-0.15, -0.1) is 11.8 Å². The van der Waals surface area contributed by atoms with Crippen LogP contribution in [0.3, 0.4) is 0 Å². The number of benzene rings is 1. The highest BCUT2D eigenvalue weighted by molar-refractivity contribution is 7.98. The minimum absolute atomic E-state index is 0.285. The number of H-pyrrole nitrogens is 1. The van der Waals surface area contributed by atoms with Gasteiger partial charge in [0.25, 0.3) is 5.91 Å². The number of hydrogen-bond donors (Lipinski definition) is 2. The molecule has 0 aliphatic heterocycles. The fraction of sp³-hybridized carbons (Fsp3) is 0.150. The molecular formula is C20H17N5O4S. The smallest absolute Gasteiger partial charge is 0.361 e. The lowest BCUT2D eigenvalue weighted by atomic mass is 10.2. The SMILES string of the molecule is Cc1noc(C)c1CSc1ncccc1C(=O)Nc1cccc(-c2noc(=O)[nH]2)c1. The lowest BCUT2D eigenvalue weighted by Crippen LogP contribution is -2.13. The Morgan fingerprint density at radius 2 is 2.03 bits per heavy atom. The molecule has 0 unspecified atom stereocenters. The van der Waals surface area contributed by atoms with Crippen LogP contribution >= 0.6 is 11.8 Å². The molecule has 0 fully saturated rings. The van der Waals surface area contributed by atoms with Crippen LogP contribution in [0.15, 0.2) is 61.5 Å². The van der Waals surface area contributed by atoms with Crippen LogP contribution in [0.25, 0.3) is 11.4 Å². The molecule has 0 aliphatic carbocycles. The molecule has 9 nitrogen and oxygen atoms in total. The second kappa shape index (κ2) is 8.37. The van der Waals surface area contributed by atoms with Gasteiger partial charge in [0.05, 0.1) is 11.3 Å². The molecule has 0 aliphatic rings. The van der Waals surface area contributed by atoms with Crippen LogP contribution in [-0.2, 0) is 5.75 Å². The van der Waals surface area contributed by atoms with Crippen LogP contribution in [0.1, 0.15) is 27.4 Å². The van der Waals surface area contributed by atoms with Crippen molar-refractivity contribution in [3.63, 3.8) is 0 Å². The molecule has 0 bridgehead atoms. The average molecular weight is 423 g/mol. The van der Waals surface area contributed by atoms with Crippen molar-refractivity contribution in [2.45, 2.75) is 24.6 Å². The summed E-state index contributed by atoms with van der Waals surface area (Å²) in [6.07, 6.45) is 1.65. The van der Waals surface area contributed by atoms with Crippen LogP contribution in [-0.4, -0.2) is 26.2 Å². The molecule has 0 saturated heterocycles. The van der Waals surface area contributed by atoms with Gasteiger partial charge >= 0.3 is 5.76 Å². The van der Waals surface area contributed by atoms with E-state index in [9.17, 15) is 9.59 Å². The Bertz CT molecular complexity index is 1240. The van der Waals surface area contributed by atoms with E-state index in [0.717, 1.165) is 17.0 Å². The number of aryl methyl sites for hydroxylation is 2. The first-order valence-corrected chi connectivity index (χ1v) is 9.97. The standard InChI is InChI=1S/C20H17N5O4S/c1-11-16(12(2)28-24-11)10-30-19-15(7-4-8-21-19)18(26)22-14-6-3-5-13(9-14)17-23-20(27)29-25-17/h3-9H,10H2,1-2H3,(H,22,26)(H,23,25,27). The molecule has 30 heavy (non-hydrogen) atoms. The second-order valence-electron chi connectivity index (χ2n) is 6.43. The molecule has 3 heterocycles. The molecule has 0 radical (unpaired) electrons. The molecule has 1 amide bonds. The average Bonchev–Trinajstić information content (AvgIpc) is 3.32. The molecule has 4 aromatic rings. The molecule has 1 aromatic carbocycles. The van der Waals surface area contributed by atoms with E-state index in [1.54, 1.807) is 42.6 Å². The van der Waals surface area contributed by atoms with E-state index < -0.39 is 5.76 Å². The number of anilines is 1. The molecule has 0 atom stereocenters. The fourth-order valence-corrected chi connectivity index (χ4v) is 3.97.